The van der Waals surface area contributed by atoms with E-state index in [0.29, 0.717) is 40.9 Å². The van der Waals surface area contributed by atoms with Crippen LogP contribution in [0, 0.1) is 5.82 Å². The highest BCUT2D eigenvalue weighted by Crippen LogP contribution is 2.31. The molecular formula is C21H20Cl2FN3O4. The van der Waals surface area contributed by atoms with Gasteiger partial charge in [-0.25, -0.2) is 4.39 Å². The van der Waals surface area contributed by atoms with E-state index in [-0.39, 0.29) is 36.3 Å². The maximum Gasteiger partial charge on any atom is 0.226 e. The number of nitrogens with zero attached hydrogens (tertiary/aromatic N) is 2. The zero-order valence-corrected chi connectivity index (χ0v) is 17.9. The smallest absolute Gasteiger partial charge is 0.226 e. The van der Waals surface area contributed by atoms with Gasteiger partial charge in [-0.3, -0.25) is 4.79 Å². The Bertz CT molecular complexity index is 1010. The lowest BCUT2D eigenvalue weighted by Crippen LogP contribution is -2.35. The summed E-state index contributed by atoms with van der Waals surface area (Å²) < 4.78 is 23.6. The van der Waals surface area contributed by atoms with E-state index < -0.39 is 6.10 Å². The van der Waals surface area contributed by atoms with Crippen LogP contribution in [-0.2, 0) is 11.2 Å². The zero-order valence-electron chi connectivity index (χ0n) is 16.4. The summed E-state index contributed by atoms with van der Waals surface area (Å²) in [4.78, 5) is 16.2. The van der Waals surface area contributed by atoms with Crippen LogP contribution in [0.2, 0.25) is 10.0 Å². The molecule has 7 nitrogen and oxygen atoms in total. The van der Waals surface area contributed by atoms with Crippen molar-refractivity contribution in [3.63, 3.8) is 0 Å². The van der Waals surface area contributed by atoms with Crippen LogP contribution in [0.3, 0.4) is 0 Å². The monoisotopic (exact) mass is 467 g/mol. The average Bonchev–Trinajstić information content (AvgIpc) is 3.22. The number of carbonyl (C=O) groups is 1. The molecule has 2 aromatic carbocycles. The quantitative estimate of drug-likeness (QED) is 0.466. The molecule has 1 aromatic heterocycles. The lowest BCUT2D eigenvalue weighted by Gasteiger charge is -2.14. The summed E-state index contributed by atoms with van der Waals surface area (Å²) in [6, 6.07) is 10.7. The van der Waals surface area contributed by atoms with Gasteiger partial charge in [0.15, 0.2) is 0 Å². The first-order chi connectivity index (χ1) is 14.9. The van der Waals surface area contributed by atoms with E-state index in [0.717, 1.165) is 0 Å². The molecule has 2 N–H and O–H groups in total. The lowest BCUT2D eigenvalue weighted by molar-refractivity contribution is -0.121. The molecule has 0 saturated carbocycles. The maximum absolute atomic E-state index is 13.0. The van der Waals surface area contributed by atoms with Crippen LogP contribution in [0.1, 0.15) is 18.7 Å². The Morgan fingerprint density at radius 1 is 1.23 bits per heavy atom. The van der Waals surface area contributed by atoms with Crippen molar-refractivity contribution in [2.75, 3.05) is 13.2 Å². The predicted molar refractivity (Wildman–Crippen MR) is 114 cm³/mol. The number of aliphatic hydroxyl groups excluding tert-OH is 1. The van der Waals surface area contributed by atoms with Gasteiger partial charge in [0, 0.05) is 24.9 Å². The third-order valence-electron chi connectivity index (χ3n) is 4.25. The number of aromatic nitrogens is 2. The van der Waals surface area contributed by atoms with Crippen molar-refractivity contribution in [1.82, 2.24) is 15.5 Å². The fourth-order valence-corrected chi connectivity index (χ4v) is 2.98. The van der Waals surface area contributed by atoms with Crippen LogP contribution in [0.4, 0.5) is 4.39 Å². The van der Waals surface area contributed by atoms with Gasteiger partial charge in [0.1, 0.15) is 29.3 Å². The van der Waals surface area contributed by atoms with E-state index in [2.05, 4.69) is 15.5 Å². The Labute approximate surface area is 188 Å². The fraction of sp³-hybridized carbons (Fsp3) is 0.286. The normalized spacial score (nSPS) is 11.9. The molecule has 3 aromatic rings. The summed E-state index contributed by atoms with van der Waals surface area (Å²) in [6.07, 6.45) is 0.220. The molecule has 10 heteroatoms. The first-order valence-electron chi connectivity index (χ1n) is 9.52. The number of aryl methyl sites for hydroxylation is 1. The number of aliphatic hydroxyl groups is 1. The highest BCUT2D eigenvalue weighted by atomic mass is 35.5. The first kappa shape index (κ1) is 23.0. The van der Waals surface area contributed by atoms with Gasteiger partial charge in [0.05, 0.1) is 5.02 Å². The molecule has 0 aliphatic heterocycles. The number of nitrogens with one attached hydrogen (secondary N) is 1. The molecule has 1 atom stereocenters. The maximum atomic E-state index is 13.0. The molecular weight excluding hydrogens is 448 g/mol. The first-order valence-corrected chi connectivity index (χ1v) is 10.3. The molecule has 31 heavy (non-hydrogen) atoms. The lowest BCUT2D eigenvalue weighted by atomic mass is 10.2. The Kier molecular flexibility index (Phi) is 8.22. The average molecular weight is 468 g/mol. The molecule has 0 aliphatic carbocycles. The van der Waals surface area contributed by atoms with E-state index in [4.69, 9.17) is 32.5 Å². The molecule has 1 unspecified atom stereocenters. The van der Waals surface area contributed by atoms with Crippen molar-refractivity contribution in [2.24, 2.45) is 0 Å². The van der Waals surface area contributed by atoms with E-state index in [9.17, 15) is 14.3 Å². The summed E-state index contributed by atoms with van der Waals surface area (Å²) >= 11 is 11.9. The number of hydrogen-bond acceptors (Lipinski definition) is 6. The Hall–Kier alpha value is -2.68. The molecule has 1 heterocycles. The topological polar surface area (TPSA) is 97.5 Å². The van der Waals surface area contributed by atoms with Crippen molar-refractivity contribution >= 4 is 29.1 Å². The second-order valence-corrected chi connectivity index (χ2v) is 7.48. The summed E-state index contributed by atoms with van der Waals surface area (Å²) in [6.45, 7) is -0.0131. The fourth-order valence-electron chi connectivity index (χ4n) is 2.63. The summed E-state index contributed by atoms with van der Waals surface area (Å²) in [5.74, 6) is 0.544. The SMILES string of the molecule is O=C(CCCc1nc(-c2ccc(F)cc2)no1)NCC(O)COc1cccc(Cl)c1Cl. The largest absolute Gasteiger partial charge is 0.489 e. The number of benzene rings is 2. The number of halogens is 3. The minimum Gasteiger partial charge on any atom is -0.489 e. The molecule has 1 amide bonds. The van der Waals surface area contributed by atoms with Crippen molar-refractivity contribution in [3.8, 4) is 17.1 Å². The summed E-state index contributed by atoms with van der Waals surface area (Å²) in [7, 11) is 0. The van der Waals surface area contributed by atoms with Crippen LogP contribution in [0.25, 0.3) is 11.4 Å². The summed E-state index contributed by atoms with van der Waals surface area (Å²) in [5, 5.41) is 17.1. The minimum absolute atomic E-state index is 0.0340. The molecule has 0 radical (unpaired) electrons. The second-order valence-electron chi connectivity index (χ2n) is 6.69. The van der Waals surface area contributed by atoms with Gasteiger partial charge in [-0.1, -0.05) is 34.4 Å². The number of hydrogen-bond donors (Lipinski definition) is 2. The Balaban J connectivity index is 1.35. The Morgan fingerprint density at radius 3 is 2.77 bits per heavy atom. The molecule has 0 aliphatic rings. The summed E-state index contributed by atoms with van der Waals surface area (Å²) in [5.41, 5.74) is 0.643. The van der Waals surface area contributed by atoms with Crippen molar-refractivity contribution < 1.29 is 23.6 Å². The van der Waals surface area contributed by atoms with E-state index >= 15 is 0 Å². The van der Waals surface area contributed by atoms with Crippen molar-refractivity contribution in [1.29, 1.82) is 0 Å². The highest BCUT2D eigenvalue weighted by Gasteiger charge is 2.12. The highest BCUT2D eigenvalue weighted by molar-refractivity contribution is 6.42. The molecule has 0 saturated heterocycles. The van der Waals surface area contributed by atoms with Gasteiger partial charge in [-0.2, -0.15) is 4.98 Å². The third-order valence-corrected chi connectivity index (χ3v) is 5.05. The van der Waals surface area contributed by atoms with Gasteiger partial charge >= 0.3 is 0 Å². The Morgan fingerprint density at radius 2 is 2.00 bits per heavy atom. The molecule has 3 rings (SSSR count). The number of carbonyl (C=O) groups excluding carboxylic acids is 1. The van der Waals surface area contributed by atoms with Crippen LogP contribution in [0.15, 0.2) is 47.0 Å². The van der Waals surface area contributed by atoms with Crippen LogP contribution in [-0.4, -0.2) is 40.4 Å². The van der Waals surface area contributed by atoms with Crippen molar-refractivity contribution in [3.05, 3.63) is 64.2 Å². The van der Waals surface area contributed by atoms with Gasteiger partial charge < -0.3 is 19.7 Å². The number of amides is 1. The van der Waals surface area contributed by atoms with Crippen LogP contribution >= 0.6 is 23.2 Å². The molecule has 0 bridgehead atoms. The van der Waals surface area contributed by atoms with E-state index in [1.54, 1.807) is 30.3 Å². The predicted octanol–water partition coefficient (Wildman–Crippen LogP) is 4.06. The van der Waals surface area contributed by atoms with Gasteiger partial charge in [0.25, 0.3) is 0 Å². The van der Waals surface area contributed by atoms with Crippen LogP contribution < -0.4 is 10.1 Å². The van der Waals surface area contributed by atoms with Gasteiger partial charge in [0.2, 0.25) is 17.6 Å². The molecule has 164 valence electrons. The second kappa shape index (κ2) is 11.1. The number of rotatable bonds is 10. The van der Waals surface area contributed by atoms with E-state index in [1.807, 2.05) is 0 Å². The zero-order chi connectivity index (χ0) is 22.2. The van der Waals surface area contributed by atoms with Gasteiger partial charge in [-0.15, -0.1) is 0 Å². The standard InChI is InChI=1S/C21H20Cl2FN3O4/c22-16-3-1-4-17(20(16)23)30-12-15(28)11-25-18(29)5-2-6-19-26-21(27-31-19)13-7-9-14(24)10-8-13/h1,3-4,7-10,15,28H,2,5-6,11-12H2,(H,25,29). The van der Waals surface area contributed by atoms with Crippen LogP contribution in [0.5, 0.6) is 5.75 Å². The number of ether oxygens (including phenoxy) is 1. The minimum atomic E-state index is -0.909. The van der Waals surface area contributed by atoms with Crippen molar-refractivity contribution in [2.45, 2.75) is 25.4 Å². The van der Waals surface area contributed by atoms with Gasteiger partial charge in [-0.05, 0) is 42.8 Å². The third kappa shape index (κ3) is 6.92. The molecule has 0 spiro atoms. The molecule has 0 fully saturated rings. The van der Waals surface area contributed by atoms with E-state index in [1.165, 1.54) is 12.1 Å².